The van der Waals surface area contributed by atoms with E-state index in [1.54, 1.807) is 31.4 Å². The van der Waals surface area contributed by atoms with E-state index in [9.17, 15) is 9.59 Å². The molecule has 0 spiro atoms. The number of nitrogens with one attached hydrogen (secondary N) is 2. The second-order valence-corrected chi connectivity index (χ2v) is 8.07. The third kappa shape index (κ3) is 4.84. The highest BCUT2D eigenvalue weighted by Crippen LogP contribution is 2.30. The summed E-state index contributed by atoms with van der Waals surface area (Å²) in [7, 11) is 3.07. The van der Waals surface area contributed by atoms with Crippen LogP contribution in [0, 0.1) is 5.92 Å². The van der Waals surface area contributed by atoms with E-state index in [4.69, 9.17) is 21.1 Å². The normalized spacial score (nSPS) is 15.0. The van der Waals surface area contributed by atoms with Gasteiger partial charge in [0, 0.05) is 18.2 Å². The Labute approximate surface area is 189 Å². The maximum atomic E-state index is 12.6. The molecule has 2 N–H and O–H groups in total. The monoisotopic (exact) mass is 457 g/mol. The van der Waals surface area contributed by atoms with Crippen molar-refractivity contribution in [3.63, 3.8) is 0 Å². The van der Waals surface area contributed by atoms with Crippen molar-refractivity contribution in [2.75, 3.05) is 32.6 Å². The lowest BCUT2D eigenvalue weighted by atomic mass is 9.96. The van der Waals surface area contributed by atoms with Crippen LogP contribution in [0.4, 0.5) is 5.82 Å². The Morgan fingerprint density at radius 1 is 1.22 bits per heavy atom. The number of carbonyl (C=O) groups excluding carboxylic acids is 1. The van der Waals surface area contributed by atoms with Gasteiger partial charge in [0.15, 0.2) is 11.5 Å². The molecule has 1 fully saturated rings. The lowest BCUT2D eigenvalue weighted by Crippen LogP contribution is -2.38. The van der Waals surface area contributed by atoms with Gasteiger partial charge in [0.2, 0.25) is 5.91 Å². The van der Waals surface area contributed by atoms with Gasteiger partial charge >= 0.3 is 0 Å². The number of halogens is 1. The smallest absolute Gasteiger partial charge is 0.258 e. The fraction of sp³-hybridized carbons (Fsp3) is 0.364. The molecule has 0 saturated carbocycles. The molecule has 0 aliphatic carbocycles. The van der Waals surface area contributed by atoms with E-state index in [1.165, 1.54) is 13.3 Å². The number of methoxy groups -OCH3 is 2. The third-order valence-corrected chi connectivity index (χ3v) is 5.79. The molecule has 0 atom stereocenters. The Morgan fingerprint density at radius 3 is 2.59 bits per heavy atom. The van der Waals surface area contributed by atoms with E-state index < -0.39 is 0 Å². The summed E-state index contributed by atoms with van der Waals surface area (Å²) in [5, 5.41) is 3.81. The molecule has 3 heterocycles. The summed E-state index contributed by atoms with van der Waals surface area (Å²) in [6, 6.07) is 6.70. The predicted octanol–water partition coefficient (Wildman–Crippen LogP) is 2.84. The molecule has 2 aromatic heterocycles. The number of nitrogens with zero attached hydrogens (tertiary/aromatic N) is 3. The molecular weight excluding hydrogens is 434 g/mol. The zero-order chi connectivity index (χ0) is 22.7. The van der Waals surface area contributed by atoms with E-state index in [-0.39, 0.29) is 17.4 Å². The first-order valence-electron chi connectivity index (χ1n) is 10.3. The first kappa shape index (κ1) is 22.0. The highest BCUT2D eigenvalue weighted by Gasteiger charge is 2.26. The third-order valence-electron chi connectivity index (χ3n) is 5.57. The summed E-state index contributed by atoms with van der Waals surface area (Å²) in [5.74, 6) is 1.93. The summed E-state index contributed by atoms with van der Waals surface area (Å²) < 4.78 is 10.6. The van der Waals surface area contributed by atoms with Gasteiger partial charge in [-0.05, 0) is 44.1 Å². The molecule has 1 amide bonds. The molecule has 1 aromatic carbocycles. The molecule has 0 bridgehead atoms. The standard InChI is InChI=1S/C22H24ClN5O4/c1-31-17-9-15-16(10-18(17)32-2)25-20(27-22(15)30)12-28-7-5-13(6-8-28)21(29)26-19-4-3-14(23)11-24-19/h3-4,9-11,13H,5-8,12H2,1-2H3,(H,24,26,29)(H,25,27,30). The number of aromatic amines is 1. The lowest BCUT2D eigenvalue weighted by Gasteiger charge is -2.30. The van der Waals surface area contributed by atoms with Crippen LogP contribution in [0.3, 0.4) is 0 Å². The number of likely N-dealkylation sites (tertiary alicyclic amines) is 1. The second kappa shape index (κ2) is 9.54. The number of amides is 1. The molecule has 0 unspecified atom stereocenters. The summed E-state index contributed by atoms with van der Waals surface area (Å²) in [4.78, 5) is 38.8. The minimum atomic E-state index is -0.226. The van der Waals surface area contributed by atoms with Gasteiger partial charge in [-0.25, -0.2) is 9.97 Å². The van der Waals surface area contributed by atoms with Crippen LogP contribution in [0.1, 0.15) is 18.7 Å². The predicted molar refractivity (Wildman–Crippen MR) is 121 cm³/mol. The number of H-pyrrole nitrogens is 1. The van der Waals surface area contributed by atoms with E-state index in [0.717, 1.165) is 13.1 Å². The number of rotatable bonds is 6. The Morgan fingerprint density at radius 2 is 1.94 bits per heavy atom. The maximum absolute atomic E-state index is 12.6. The topological polar surface area (TPSA) is 109 Å². The number of hydrogen-bond acceptors (Lipinski definition) is 7. The first-order valence-corrected chi connectivity index (χ1v) is 10.6. The second-order valence-electron chi connectivity index (χ2n) is 7.64. The SMILES string of the molecule is COc1cc2nc(CN3CCC(C(=O)Nc4ccc(Cl)cn4)CC3)[nH]c(=O)c2cc1OC. The Balaban J connectivity index is 1.39. The van der Waals surface area contributed by atoms with Crippen molar-refractivity contribution in [2.45, 2.75) is 19.4 Å². The molecular formula is C22H24ClN5O4. The van der Waals surface area contributed by atoms with Crippen molar-refractivity contribution >= 4 is 34.2 Å². The Hall–Kier alpha value is -3.17. The van der Waals surface area contributed by atoms with Crippen LogP contribution in [-0.2, 0) is 11.3 Å². The number of benzene rings is 1. The minimum Gasteiger partial charge on any atom is -0.493 e. The van der Waals surface area contributed by atoms with Gasteiger partial charge < -0.3 is 19.8 Å². The van der Waals surface area contributed by atoms with Gasteiger partial charge in [-0.15, -0.1) is 0 Å². The number of pyridine rings is 1. The molecule has 32 heavy (non-hydrogen) atoms. The lowest BCUT2D eigenvalue weighted by molar-refractivity contribution is -0.121. The van der Waals surface area contributed by atoms with Crippen molar-refractivity contribution in [3.8, 4) is 11.5 Å². The summed E-state index contributed by atoms with van der Waals surface area (Å²) in [6.45, 7) is 1.94. The van der Waals surface area contributed by atoms with Crippen LogP contribution in [-0.4, -0.2) is 53.1 Å². The minimum absolute atomic E-state index is 0.0437. The number of hydrogen-bond donors (Lipinski definition) is 2. The van der Waals surface area contributed by atoms with Crippen molar-refractivity contribution in [1.29, 1.82) is 0 Å². The van der Waals surface area contributed by atoms with Crippen LogP contribution < -0.4 is 20.3 Å². The largest absolute Gasteiger partial charge is 0.493 e. The molecule has 168 valence electrons. The van der Waals surface area contributed by atoms with E-state index in [2.05, 4.69) is 25.2 Å². The zero-order valence-electron chi connectivity index (χ0n) is 17.9. The fourth-order valence-electron chi connectivity index (χ4n) is 3.83. The van der Waals surface area contributed by atoms with Gasteiger partial charge in [0.1, 0.15) is 11.6 Å². The Bertz CT molecular complexity index is 1170. The molecule has 9 nitrogen and oxygen atoms in total. The van der Waals surface area contributed by atoms with Crippen LogP contribution in [0.25, 0.3) is 10.9 Å². The highest BCUT2D eigenvalue weighted by atomic mass is 35.5. The van der Waals surface area contributed by atoms with E-state index in [1.807, 2.05) is 0 Å². The molecule has 1 aliphatic heterocycles. The van der Waals surface area contributed by atoms with Gasteiger partial charge in [-0.3, -0.25) is 14.5 Å². The van der Waals surface area contributed by atoms with Crippen LogP contribution in [0.5, 0.6) is 11.5 Å². The maximum Gasteiger partial charge on any atom is 0.258 e. The van der Waals surface area contributed by atoms with Gasteiger partial charge in [0.25, 0.3) is 5.56 Å². The summed E-state index contributed by atoms with van der Waals surface area (Å²) in [6.07, 6.45) is 2.92. The van der Waals surface area contributed by atoms with Crippen LogP contribution in [0.2, 0.25) is 5.02 Å². The number of piperidine rings is 1. The average Bonchev–Trinajstić information content (AvgIpc) is 2.80. The number of aromatic nitrogens is 3. The van der Waals surface area contributed by atoms with Gasteiger partial charge in [-0.1, -0.05) is 11.6 Å². The summed E-state index contributed by atoms with van der Waals surface area (Å²) in [5.41, 5.74) is 0.321. The van der Waals surface area contributed by atoms with Crippen molar-refractivity contribution < 1.29 is 14.3 Å². The number of fused-ring (bicyclic) bond motifs is 1. The molecule has 1 saturated heterocycles. The van der Waals surface area contributed by atoms with Gasteiger partial charge in [0.05, 0.1) is 36.7 Å². The number of anilines is 1. The molecule has 3 aromatic rings. The molecule has 4 rings (SSSR count). The average molecular weight is 458 g/mol. The van der Waals surface area contributed by atoms with E-state index >= 15 is 0 Å². The molecule has 1 aliphatic rings. The number of ether oxygens (including phenoxy) is 2. The van der Waals surface area contributed by atoms with Crippen LogP contribution in [0.15, 0.2) is 35.3 Å². The zero-order valence-corrected chi connectivity index (χ0v) is 18.6. The first-order chi connectivity index (χ1) is 15.5. The summed E-state index contributed by atoms with van der Waals surface area (Å²) >= 11 is 5.83. The number of carbonyl (C=O) groups is 1. The van der Waals surface area contributed by atoms with Gasteiger partial charge in [-0.2, -0.15) is 0 Å². The fourth-order valence-corrected chi connectivity index (χ4v) is 3.94. The van der Waals surface area contributed by atoms with Crippen molar-refractivity contribution in [1.82, 2.24) is 19.9 Å². The highest BCUT2D eigenvalue weighted by molar-refractivity contribution is 6.30. The van der Waals surface area contributed by atoms with Crippen molar-refractivity contribution in [2.24, 2.45) is 5.92 Å². The molecule has 10 heteroatoms. The van der Waals surface area contributed by atoms with E-state index in [0.29, 0.717) is 58.5 Å². The molecule has 0 radical (unpaired) electrons. The quantitative estimate of drug-likeness (QED) is 0.585. The van der Waals surface area contributed by atoms with Crippen molar-refractivity contribution in [3.05, 3.63) is 51.7 Å². The Kier molecular flexibility index (Phi) is 6.57. The van der Waals surface area contributed by atoms with Crippen LogP contribution >= 0.6 is 11.6 Å².